The highest BCUT2D eigenvalue weighted by Crippen LogP contribution is 2.20. The van der Waals surface area contributed by atoms with Gasteiger partial charge in [0.2, 0.25) is 0 Å². The Hall–Kier alpha value is -4.00. The van der Waals surface area contributed by atoms with Crippen LogP contribution in [0.25, 0.3) is 5.69 Å². The van der Waals surface area contributed by atoms with Gasteiger partial charge in [-0.05, 0) is 68.3 Å². The molecule has 1 unspecified atom stereocenters. The molecule has 4 aromatic rings. The molecular weight excluding hydrogens is 405 g/mol. The number of aryl methyl sites for hydroxylation is 2. The van der Waals surface area contributed by atoms with E-state index in [-0.39, 0.29) is 17.4 Å². The fourth-order valence-corrected chi connectivity index (χ4v) is 3.84. The second-order valence-electron chi connectivity index (χ2n) is 7.76. The molecule has 0 saturated heterocycles. The van der Waals surface area contributed by atoms with Gasteiger partial charge in [-0.25, -0.2) is 9.37 Å². The van der Waals surface area contributed by atoms with Crippen molar-refractivity contribution in [1.82, 2.24) is 14.1 Å². The maximum absolute atomic E-state index is 13.3. The van der Waals surface area contributed by atoms with Gasteiger partial charge in [0.25, 0.3) is 5.56 Å². The highest BCUT2D eigenvalue weighted by Gasteiger charge is 2.17. The summed E-state index contributed by atoms with van der Waals surface area (Å²) in [5.41, 5.74) is 5.07. The Balaban J connectivity index is 1.73. The third-order valence-corrected chi connectivity index (χ3v) is 5.59. The number of aromatic nitrogens is 3. The molecule has 1 atom stereocenters. The van der Waals surface area contributed by atoms with Crippen LogP contribution in [-0.4, -0.2) is 19.8 Å². The maximum Gasteiger partial charge on any atom is 0.260 e. The largest absolute Gasteiger partial charge is 0.323 e. The number of rotatable bonds is 5. The van der Waals surface area contributed by atoms with Crippen molar-refractivity contribution in [2.45, 2.75) is 26.8 Å². The summed E-state index contributed by atoms with van der Waals surface area (Å²) in [5, 5.41) is 3.96. The van der Waals surface area contributed by atoms with Crippen LogP contribution in [0.2, 0.25) is 0 Å². The van der Waals surface area contributed by atoms with E-state index in [1.54, 1.807) is 41.4 Å². The summed E-state index contributed by atoms with van der Waals surface area (Å²) in [6, 6.07) is 15.2. The molecule has 0 aliphatic heterocycles. The number of hydrogen-bond acceptors (Lipinski definition) is 4. The summed E-state index contributed by atoms with van der Waals surface area (Å²) >= 11 is 0. The second-order valence-corrected chi connectivity index (χ2v) is 7.76. The Morgan fingerprint density at radius 2 is 1.88 bits per heavy atom. The smallest absolute Gasteiger partial charge is 0.260 e. The van der Waals surface area contributed by atoms with E-state index in [0.29, 0.717) is 11.3 Å². The van der Waals surface area contributed by atoms with E-state index >= 15 is 0 Å². The second kappa shape index (κ2) is 8.63. The molecule has 0 fully saturated rings. The molecule has 7 heteroatoms. The van der Waals surface area contributed by atoms with Crippen LogP contribution in [0.5, 0.6) is 0 Å². The summed E-state index contributed by atoms with van der Waals surface area (Å²) in [4.78, 5) is 17.6. The molecule has 0 amide bonds. The molecule has 6 nitrogen and oxygen atoms in total. The molecule has 162 valence electrons. The molecule has 0 bridgehead atoms. The lowest BCUT2D eigenvalue weighted by Gasteiger charge is -2.17. The van der Waals surface area contributed by atoms with E-state index in [4.69, 9.17) is 5.84 Å². The first-order valence-electron chi connectivity index (χ1n) is 10.3. The fourth-order valence-electron chi connectivity index (χ4n) is 3.84. The van der Waals surface area contributed by atoms with E-state index < -0.39 is 0 Å². The topological polar surface area (TPSA) is 78.2 Å². The molecular formula is C25H24FN5O. The van der Waals surface area contributed by atoms with Crippen LogP contribution in [0.3, 0.4) is 0 Å². The Morgan fingerprint density at radius 3 is 2.50 bits per heavy atom. The lowest BCUT2D eigenvalue weighted by molar-refractivity contribution is 0.603. The molecule has 32 heavy (non-hydrogen) atoms. The number of benzene rings is 2. The van der Waals surface area contributed by atoms with E-state index in [9.17, 15) is 9.18 Å². The summed E-state index contributed by atoms with van der Waals surface area (Å²) in [6.45, 7) is 5.82. The van der Waals surface area contributed by atoms with Crippen LogP contribution >= 0.6 is 0 Å². The molecule has 0 aliphatic carbocycles. The van der Waals surface area contributed by atoms with Gasteiger partial charge in [0.1, 0.15) is 11.5 Å². The van der Waals surface area contributed by atoms with Crippen molar-refractivity contribution in [3.05, 3.63) is 117 Å². The quantitative estimate of drug-likeness (QED) is 0.295. The lowest BCUT2D eigenvalue weighted by atomic mass is 10.00. The van der Waals surface area contributed by atoms with Crippen LogP contribution in [0.4, 0.5) is 4.39 Å². The summed E-state index contributed by atoms with van der Waals surface area (Å²) in [7, 11) is 0. The molecule has 2 aromatic heterocycles. The summed E-state index contributed by atoms with van der Waals surface area (Å²) in [5.74, 6) is 5.43. The lowest BCUT2D eigenvalue weighted by Crippen LogP contribution is -2.29. The molecule has 2 aromatic carbocycles. The molecule has 0 radical (unpaired) electrons. The highest BCUT2D eigenvalue weighted by atomic mass is 19.1. The van der Waals surface area contributed by atoms with Crippen LogP contribution in [0, 0.1) is 19.7 Å². The van der Waals surface area contributed by atoms with Crippen molar-refractivity contribution < 1.29 is 4.39 Å². The minimum atomic E-state index is -0.315. The number of halogens is 1. The summed E-state index contributed by atoms with van der Waals surface area (Å²) < 4.78 is 16.9. The SMILES string of the molecule is Cc1cn(-c2ccc(/C(=N\N)c3cccn(C(C)c4ccc(F)cc4)c3=O)cc2C)cn1. The third-order valence-electron chi connectivity index (χ3n) is 5.59. The normalized spacial score (nSPS) is 12.7. The van der Waals surface area contributed by atoms with Crippen molar-refractivity contribution in [2.24, 2.45) is 10.9 Å². The first kappa shape index (κ1) is 21.2. The van der Waals surface area contributed by atoms with Gasteiger partial charge >= 0.3 is 0 Å². The van der Waals surface area contributed by atoms with Gasteiger partial charge in [-0.15, -0.1) is 0 Å². The van der Waals surface area contributed by atoms with Crippen LogP contribution < -0.4 is 11.4 Å². The average molecular weight is 429 g/mol. The van der Waals surface area contributed by atoms with E-state index in [1.807, 2.05) is 49.7 Å². The van der Waals surface area contributed by atoms with E-state index in [1.165, 1.54) is 12.1 Å². The van der Waals surface area contributed by atoms with Gasteiger partial charge in [-0.2, -0.15) is 5.10 Å². The molecule has 0 aliphatic rings. The average Bonchev–Trinajstić information content (AvgIpc) is 3.21. The van der Waals surface area contributed by atoms with Crippen molar-refractivity contribution >= 4 is 5.71 Å². The highest BCUT2D eigenvalue weighted by molar-refractivity contribution is 6.12. The zero-order chi connectivity index (χ0) is 22.8. The Morgan fingerprint density at radius 1 is 1.12 bits per heavy atom. The van der Waals surface area contributed by atoms with Gasteiger partial charge in [-0.1, -0.05) is 18.2 Å². The number of imidazole rings is 1. The number of pyridine rings is 1. The Labute approximate surface area is 185 Å². The first-order chi connectivity index (χ1) is 15.4. The van der Waals surface area contributed by atoms with Gasteiger partial charge in [0.15, 0.2) is 0 Å². The molecule has 0 spiro atoms. The molecule has 2 heterocycles. The van der Waals surface area contributed by atoms with E-state index in [2.05, 4.69) is 10.1 Å². The van der Waals surface area contributed by atoms with Crippen molar-refractivity contribution in [1.29, 1.82) is 0 Å². The Kier molecular flexibility index (Phi) is 5.73. The van der Waals surface area contributed by atoms with Crippen LogP contribution in [-0.2, 0) is 0 Å². The molecule has 2 N–H and O–H groups in total. The molecule has 4 rings (SSSR count). The van der Waals surface area contributed by atoms with Gasteiger partial charge in [-0.3, -0.25) is 4.79 Å². The van der Waals surface area contributed by atoms with Gasteiger partial charge in [0.05, 0.1) is 23.6 Å². The number of nitrogens with two attached hydrogens (primary N) is 1. The van der Waals surface area contributed by atoms with Crippen molar-refractivity contribution in [3.63, 3.8) is 0 Å². The van der Waals surface area contributed by atoms with Crippen molar-refractivity contribution in [3.8, 4) is 5.69 Å². The molecule has 0 saturated carbocycles. The van der Waals surface area contributed by atoms with Crippen LogP contribution in [0.15, 0.2) is 83.2 Å². The van der Waals surface area contributed by atoms with Gasteiger partial charge in [0, 0.05) is 23.6 Å². The standard InChI is InChI=1S/C25H24FN5O/c1-16-13-20(8-11-23(16)30-14-17(2)28-15-30)24(29-27)22-5-4-12-31(25(22)32)18(3)19-6-9-21(26)10-7-19/h4-15,18H,27H2,1-3H3/b29-24+. The van der Waals surface area contributed by atoms with Crippen molar-refractivity contribution in [2.75, 3.05) is 0 Å². The number of nitrogens with zero attached hydrogens (tertiary/aromatic N) is 4. The third kappa shape index (κ3) is 3.97. The first-order valence-corrected chi connectivity index (χ1v) is 10.3. The fraction of sp³-hybridized carbons (Fsp3) is 0.160. The van der Waals surface area contributed by atoms with Gasteiger partial charge < -0.3 is 15.0 Å². The van der Waals surface area contributed by atoms with Crippen LogP contribution in [0.1, 0.15) is 40.9 Å². The predicted molar refractivity (Wildman–Crippen MR) is 124 cm³/mol. The minimum absolute atomic E-state index is 0.222. The zero-order valence-electron chi connectivity index (χ0n) is 18.2. The maximum atomic E-state index is 13.3. The number of hydrazone groups is 1. The number of hydrogen-bond donors (Lipinski definition) is 1. The zero-order valence-corrected chi connectivity index (χ0v) is 18.2. The minimum Gasteiger partial charge on any atom is -0.323 e. The monoisotopic (exact) mass is 429 g/mol. The predicted octanol–water partition coefficient (Wildman–Crippen LogP) is 4.11. The summed E-state index contributed by atoms with van der Waals surface area (Å²) in [6.07, 6.45) is 5.43. The van der Waals surface area contributed by atoms with E-state index in [0.717, 1.165) is 28.1 Å². The Bertz CT molecular complexity index is 1350.